The van der Waals surface area contributed by atoms with Crippen molar-refractivity contribution in [2.75, 3.05) is 33.8 Å². The summed E-state index contributed by atoms with van der Waals surface area (Å²) in [5.41, 5.74) is 1.84. The minimum Gasteiger partial charge on any atom is -0.497 e. The largest absolute Gasteiger partial charge is 0.497 e. The van der Waals surface area contributed by atoms with Gasteiger partial charge in [-0.1, -0.05) is 30.3 Å². The summed E-state index contributed by atoms with van der Waals surface area (Å²) in [4.78, 5) is 2.59. The van der Waals surface area contributed by atoms with Crippen molar-refractivity contribution in [1.29, 1.82) is 0 Å². The number of methoxy groups -OCH3 is 1. The third-order valence-electron chi connectivity index (χ3n) is 4.80. The zero-order chi connectivity index (χ0) is 18.0. The lowest BCUT2D eigenvalue weighted by molar-refractivity contribution is 0.148. The molecule has 1 heterocycles. The molecule has 0 spiro atoms. The van der Waals surface area contributed by atoms with Crippen molar-refractivity contribution >= 4 is 10.0 Å². The van der Waals surface area contributed by atoms with E-state index in [1.165, 1.54) is 0 Å². The topological polar surface area (TPSA) is 49.9 Å². The molecule has 25 heavy (non-hydrogen) atoms. The molecule has 0 saturated carbocycles. The molecule has 2 aromatic carbocycles. The number of piperazine rings is 1. The predicted octanol–water partition coefficient (Wildman–Crippen LogP) is 2.68. The lowest BCUT2D eigenvalue weighted by Gasteiger charge is -2.39. The van der Waals surface area contributed by atoms with Crippen LogP contribution in [0.1, 0.15) is 17.2 Å². The van der Waals surface area contributed by atoms with Crippen molar-refractivity contribution in [3.8, 4) is 5.75 Å². The quantitative estimate of drug-likeness (QED) is 0.841. The molecule has 2 aromatic rings. The number of rotatable bonds is 4. The molecule has 0 N–H and O–H groups in total. The van der Waals surface area contributed by atoms with Gasteiger partial charge in [0.05, 0.1) is 12.0 Å². The van der Waals surface area contributed by atoms with Crippen molar-refractivity contribution < 1.29 is 13.2 Å². The van der Waals surface area contributed by atoms with Crippen LogP contribution >= 0.6 is 0 Å². The number of ether oxygens (including phenoxy) is 1. The second-order valence-corrected chi connectivity index (χ2v) is 8.31. The van der Waals surface area contributed by atoms with Gasteiger partial charge in [0, 0.05) is 25.7 Å². The van der Waals surface area contributed by atoms with E-state index in [0.29, 0.717) is 24.5 Å². The van der Waals surface area contributed by atoms with E-state index in [-0.39, 0.29) is 6.04 Å². The van der Waals surface area contributed by atoms with Crippen LogP contribution in [0.2, 0.25) is 0 Å². The number of hydrogen-bond donors (Lipinski definition) is 0. The number of sulfonamides is 1. The third-order valence-corrected chi connectivity index (χ3v) is 6.83. The molecule has 1 unspecified atom stereocenters. The first-order chi connectivity index (χ1) is 11.9. The van der Waals surface area contributed by atoms with E-state index in [4.69, 9.17) is 4.74 Å². The number of likely N-dealkylation sites (N-methyl/N-ethyl adjacent to an activating group) is 1. The molecule has 1 atom stereocenters. The molecule has 1 saturated heterocycles. The molecular formula is C19H24N2O3S. The van der Waals surface area contributed by atoms with Crippen LogP contribution < -0.4 is 4.74 Å². The summed E-state index contributed by atoms with van der Waals surface area (Å²) in [5.74, 6) is 0.782. The van der Waals surface area contributed by atoms with E-state index in [9.17, 15) is 8.42 Å². The highest BCUT2D eigenvalue weighted by molar-refractivity contribution is 7.89. The van der Waals surface area contributed by atoms with Gasteiger partial charge in [-0.3, -0.25) is 4.90 Å². The monoisotopic (exact) mass is 360 g/mol. The lowest BCUT2D eigenvalue weighted by atomic mass is 10.0. The third kappa shape index (κ3) is 3.56. The van der Waals surface area contributed by atoms with E-state index in [0.717, 1.165) is 16.9 Å². The summed E-state index contributed by atoms with van der Waals surface area (Å²) in [6, 6.07) is 15.0. The van der Waals surface area contributed by atoms with Crippen molar-refractivity contribution in [3.63, 3.8) is 0 Å². The highest BCUT2D eigenvalue weighted by Crippen LogP contribution is 2.30. The molecule has 5 nitrogen and oxygen atoms in total. The predicted molar refractivity (Wildman–Crippen MR) is 98.3 cm³/mol. The zero-order valence-electron chi connectivity index (χ0n) is 14.8. The lowest BCUT2D eigenvalue weighted by Crippen LogP contribution is -2.48. The van der Waals surface area contributed by atoms with Gasteiger partial charge in [-0.2, -0.15) is 4.31 Å². The standard InChI is InChI=1S/C19H24N2O3S/c1-15-7-4-5-10-19(15)25(22,23)21-12-11-20(2)18(14-21)16-8-6-9-17(13-16)24-3/h4-10,13,18H,11-12,14H2,1-3H3. The van der Waals surface area contributed by atoms with Crippen LogP contribution in [-0.4, -0.2) is 51.4 Å². The normalized spacial score (nSPS) is 19.7. The van der Waals surface area contributed by atoms with Crippen LogP contribution in [0.4, 0.5) is 0 Å². The van der Waals surface area contributed by atoms with E-state index in [1.807, 2.05) is 50.4 Å². The Morgan fingerprint density at radius 2 is 1.84 bits per heavy atom. The second-order valence-electron chi connectivity index (χ2n) is 6.40. The van der Waals surface area contributed by atoms with Crippen LogP contribution in [-0.2, 0) is 10.0 Å². The van der Waals surface area contributed by atoms with E-state index in [1.54, 1.807) is 23.5 Å². The Hall–Kier alpha value is -1.89. The van der Waals surface area contributed by atoms with E-state index in [2.05, 4.69) is 4.90 Å². The Morgan fingerprint density at radius 3 is 2.56 bits per heavy atom. The van der Waals surface area contributed by atoms with Gasteiger partial charge >= 0.3 is 0 Å². The average Bonchev–Trinajstić information content (AvgIpc) is 2.62. The summed E-state index contributed by atoms with van der Waals surface area (Å²) in [5, 5.41) is 0. The van der Waals surface area contributed by atoms with Crippen LogP contribution in [0.3, 0.4) is 0 Å². The Morgan fingerprint density at radius 1 is 1.08 bits per heavy atom. The number of aryl methyl sites for hydroxylation is 1. The molecule has 1 aliphatic rings. The number of nitrogens with zero attached hydrogens (tertiary/aromatic N) is 2. The average molecular weight is 360 g/mol. The Bertz CT molecular complexity index is 851. The van der Waals surface area contributed by atoms with Gasteiger partial charge in [0.1, 0.15) is 5.75 Å². The Labute approximate surface area is 149 Å². The molecule has 134 valence electrons. The molecule has 1 fully saturated rings. The maximum atomic E-state index is 13.1. The number of hydrogen-bond acceptors (Lipinski definition) is 4. The van der Waals surface area contributed by atoms with E-state index < -0.39 is 10.0 Å². The van der Waals surface area contributed by atoms with Gasteiger partial charge in [-0.05, 0) is 43.3 Å². The SMILES string of the molecule is COc1cccc(C2CN(S(=O)(=O)c3ccccc3C)CCN2C)c1. The smallest absolute Gasteiger partial charge is 0.243 e. The van der Waals surface area contributed by atoms with Gasteiger partial charge < -0.3 is 4.74 Å². The highest BCUT2D eigenvalue weighted by atomic mass is 32.2. The Balaban J connectivity index is 1.91. The fraction of sp³-hybridized carbons (Fsp3) is 0.368. The van der Waals surface area contributed by atoms with Gasteiger partial charge in [0.25, 0.3) is 0 Å². The van der Waals surface area contributed by atoms with Crippen LogP contribution in [0.25, 0.3) is 0 Å². The van der Waals surface area contributed by atoms with Gasteiger partial charge in [0.2, 0.25) is 10.0 Å². The molecule has 3 rings (SSSR count). The van der Waals surface area contributed by atoms with Crippen molar-refractivity contribution in [2.45, 2.75) is 17.9 Å². The highest BCUT2D eigenvalue weighted by Gasteiger charge is 2.34. The maximum Gasteiger partial charge on any atom is 0.243 e. The van der Waals surface area contributed by atoms with Gasteiger partial charge in [-0.15, -0.1) is 0 Å². The maximum absolute atomic E-state index is 13.1. The molecular weight excluding hydrogens is 336 g/mol. The first-order valence-electron chi connectivity index (χ1n) is 8.33. The van der Waals surface area contributed by atoms with E-state index >= 15 is 0 Å². The summed E-state index contributed by atoms with van der Waals surface area (Å²) in [6.45, 7) is 3.45. The van der Waals surface area contributed by atoms with Crippen molar-refractivity contribution in [3.05, 3.63) is 59.7 Å². The Kier molecular flexibility index (Phi) is 5.13. The number of benzene rings is 2. The van der Waals surface area contributed by atoms with Gasteiger partial charge in [0.15, 0.2) is 0 Å². The summed E-state index contributed by atoms with van der Waals surface area (Å²) in [6.07, 6.45) is 0. The van der Waals surface area contributed by atoms with Crippen molar-refractivity contribution in [1.82, 2.24) is 9.21 Å². The fourth-order valence-corrected chi connectivity index (χ4v) is 4.92. The molecule has 1 aliphatic heterocycles. The van der Waals surface area contributed by atoms with Gasteiger partial charge in [-0.25, -0.2) is 8.42 Å². The van der Waals surface area contributed by atoms with Crippen molar-refractivity contribution in [2.24, 2.45) is 0 Å². The molecule has 6 heteroatoms. The molecule has 0 bridgehead atoms. The molecule has 0 amide bonds. The van der Waals surface area contributed by atoms with Crippen LogP contribution in [0.15, 0.2) is 53.4 Å². The van der Waals surface area contributed by atoms with Crippen LogP contribution in [0.5, 0.6) is 5.75 Å². The first-order valence-corrected chi connectivity index (χ1v) is 9.77. The molecule has 0 aromatic heterocycles. The minimum atomic E-state index is -3.50. The summed E-state index contributed by atoms with van der Waals surface area (Å²) in [7, 11) is 0.170. The summed E-state index contributed by atoms with van der Waals surface area (Å²) >= 11 is 0. The minimum absolute atomic E-state index is 0.00245. The molecule has 0 aliphatic carbocycles. The molecule has 0 radical (unpaired) electrons. The second kappa shape index (κ2) is 7.15. The summed E-state index contributed by atoms with van der Waals surface area (Å²) < 4.78 is 33.1. The first kappa shape index (κ1) is 17.9. The zero-order valence-corrected chi connectivity index (χ0v) is 15.7. The van der Waals surface area contributed by atoms with Crippen LogP contribution in [0, 0.1) is 6.92 Å². The fourth-order valence-electron chi connectivity index (χ4n) is 3.26.